The molecular formula is C25H28N2O3. The Morgan fingerprint density at radius 2 is 1.93 bits per heavy atom. The van der Waals surface area contributed by atoms with Gasteiger partial charge in [-0.1, -0.05) is 49.4 Å². The standard InChI is InChI=1S/C17H18O.C8H10N2O2/c1-13(14-6-3-2-4-7-14)16-10-9-15-8-5-11-18-17(15)12-16;1-9-7-5-10-4-3-6(7)8(11)12-2/h2-4,6-7,9-10,12-13H,5,8,11H2,1H3;3-5,9H,1-2H3. The lowest BCUT2D eigenvalue weighted by Crippen LogP contribution is -2.09. The van der Waals surface area contributed by atoms with Gasteiger partial charge >= 0.3 is 5.97 Å². The Hall–Kier alpha value is -3.34. The van der Waals surface area contributed by atoms with E-state index in [0.717, 1.165) is 25.2 Å². The summed E-state index contributed by atoms with van der Waals surface area (Å²) in [4.78, 5) is 15.0. The van der Waals surface area contributed by atoms with E-state index < -0.39 is 0 Å². The lowest BCUT2D eigenvalue weighted by atomic mass is 9.91. The SMILES string of the molecule is CC(c1ccccc1)c1ccc2c(c1)OCCC2.CNc1cnccc1C(=O)OC. The maximum absolute atomic E-state index is 11.1. The fourth-order valence-electron chi connectivity index (χ4n) is 3.44. The van der Waals surface area contributed by atoms with Crippen LogP contribution >= 0.6 is 0 Å². The Balaban J connectivity index is 0.000000187. The van der Waals surface area contributed by atoms with Gasteiger partial charge in [0.15, 0.2) is 0 Å². The maximum Gasteiger partial charge on any atom is 0.340 e. The van der Waals surface area contributed by atoms with Gasteiger partial charge in [0, 0.05) is 19.2 Å². The van der Waals surface area contributed by atoms with Crippen molar-refractivity contribution < 1.29 is 14.3 Å². The minimum atomic E-state index is -0.359. The Kier molecular flexibility index (Phi) is 7.44. The molecule has 1 unspecified atom stereocenters. The molecular weight excluding hydrogens is 376 g/mol. The zero-order valence-electron chi connectivity index (χ0n) is 17.7. The summed E-state index contributed by atoms with van der Waals surface area (Å²) in [6.45, 7) is 3.11. The number of benzene rings is 2. The number of methoxy groups -OCH3 is 1. The van der Waals surface area contributed by atoms with Crippen LogP contribution in [0.4, 0.5) is 5.69 Å². The van der Waals surface area contributed by atoms with Crippen molar-refractivity contribution in [3.63, 3.8) is 0 Å². The Labute approximate surface area is 178 Å². The number of ether oxygens (including phenoxy) is 2. The molecule has 0 fully saturated rings. The molecule has 0 saturated carbocycles. The molecule has 2 heterocycles. The first-order valence-corrected chi connectivity index (χ1v) is 10.1. The topological polar surface area (TPSA) is 60.5 Å². The molecule has 1 aliphatic rings. The van der Waals surface area contributed by atoms with E-state index in [-0.39, 0.29) is 5.97 Å². The summed E-state index contributed by atoms with van der Waals surface area (Å²) in [5.41, 5.74) is 5.21. The van der Waals surface area contributed by atoms with E-state index in [9.17, 15) is 4.79 Å². The van der Waals surface area contributed by atoms with Gasteiger partial charge in [-0.2, -0.15) is 0 Å². The van der Waals surface area contributed by atoms with Crippen LogP contribution < -0.4 is 10.1 Å². The number of carbonyl (C=O) groups excluding carboxylic acids is 1. The first kappa shape index (κ1) is 21.4. The van der Waals surface area contributed by atoms with Gasteiger partial charge in [0.25, 0.3) is 0 Å². The smallest absolute Gasteiger partial charge is 0.340 e. The molecule has 5 nitrogen and oxygen atoms in total. The van der Waals surface area contributed by atoms with Crippen LogP contribution in [0.1, 0.15) is 46.3 Å². The van der Waals surface area contributed by atoms with Crippen molar-refractivity contribution in [2.45, 2.75) is 25.7 Å². The molecule has 0 bridgehead atoms. The fraction of sp³-hybridized carbons (Fsp3) is 0.280. The largest absolute Gasteiger partial charge is 0.493 e. The monoisotopic (exact) mass is 404 g/mol. The van der Waals surface area contributed by atoms with Crippen LogP contribution in [0, 0.1) is 0 Å². The molecule has 0 radical (unpaired) electrons. The number of nitrogens with zero attached hydrogens (tertiary/aromatic N) is 1. The molecule has 4 rings (SSSR count). The van der Waals surface area contributed by atoms with E-state index in [1.807, 2.05) is 0 Å². The lowest BCUT2D eigenvalue weighted by Gasteiger charge is -2.20. The molecule has 1 N–H and O–H groups in total. The van der Waals surface area contributed by atoms with Crippen molar-refractivity contribution >= 4 is 11.7 Å². The van der Waals surface area contributed by atoms with Crippen LogP contribution in [0.25, 0.3) is 0 Å². The zero-order chi connectivity index (χ0) is 21.3. The third kappa shape index (κ3) is 5.17. The van der Waals surface area contributed by atoms with Gasteiger partial charge in [-0.3, -0.25) is 4.98 Å². The Morgan fingerprint density at radius 1 is 1.13 bits per heavy atom. The number of pyridine rings is 1. The molecule has 3 aromatic rings. The third-order valence-electron chi connectivity index (χ3n) is 5.23. The van der Waals surface area contributed by atoms with Gasteiger partial charge in [0.1, 0.15) is 5.75 Å². The van der Waals surface area contributed by atoms with Crippen molar-refractivity contribution in [2.24, 2.45) is 0 Å². The first-order chi connectivity index (χ1) is 14.6. The maximum atomic E-state index is 11.1. The molecule has 5 heteroatoms. The van der Waals surface area contributed by atoms with E-state index >= 15 is 0 Å². The highest BCUT2D eigenvalue weighted by Gasteiger charge is 2.14. The van der Waals surface area contributed by atoms with Gasteiger partial charge in [0.2, 0.25) is 0 Å². The Morgan fingerprint density at radius 3 is 2.67 bits per heavy atom. The molecule has 1 atom stereocenters. The molecule has 0 amide bonds. The molecule has 0 spiro atoms. The number of aromatic nitrogens is 1. The summed E-state index contributed by atoms with van der Waals surface area (Å²) in [6.07, 6.45) is 5.41. The Bertz CT molecular complexity index is 973. The first-order valence-electron chi connectivity index (χ1n) is 10.1. The molecule has 2 aromatic carbocycles. The normalized spacial score (nSPS) is 13.0. The van der Waals surface area contributed by atoms with Crippen molar-refractivity contribution in [3.05, 3.63) is 89.2 Å². The van der Waals surface area contributed by atoms with Gasteiger partial charge in [-0.15, -0.1) is 0 Å². The quantitative estimate of drug-likeness (QED) is 0.615. The zero-order valence-corrected chi connectivity index (χ0v) is 17.7. The van der Waals surface area contributed by atoms with E-state index in [0.29, 0.717) is 17.2 Å². The van der Waals surface area contributed by atoms with E-state index in [1.54, 1.807) is 25.5 Å². The number of esters is 1. The number of nitrogens with one attached hydrogen (secondary N) is 1. The summed E-state index contributed by atoms with van der Waals surface area (Å²) in [5, 5.41) is 2.85. The van der Waals surface area contributed by atoms with Crippen molar-refractivity contribution in [1.29, 1.82) is 0 Å². The summed E-state index contributed by atoms with van der Waals surface area (Å²) >= 11 is 0. The second-order valence-electron chi connectivity index (χ2n) is 7.11. The van der Waals surface area contributed by atoms with E-state index in [4.69, 9.17) is 4.74 Å². The second kappa shape index (κ2) is 10.4. The second-order valence-corrected chi connectivity index (χ2v) is 7.11. The number of rotatable bonds is 4. The van der Waals surface area contributed by atoms with Gasteiger partial charge in [-0.05, 0) is 41.7 Å². The van der Waals surface area contributed by atoms with Gasteiger partial charge < -0.3 is 14.8 Å². The highest BCUT2D eigenvalue weighted by atomic mass is 16.5. The van der Waals surface area contributed by atoms with Crippen molar-refractivity contribution in [2.75, 3.05) is 26.1 Å². The van der Waals surface area contributed by atoms with Crippen LogP contribution in [0.2, 0.25) is 0 Å². The summed E-state index contributed by atoms with van der Waals surface area (Å²) in [7, 11) is 3.08. The summed E-state index contributed by atoms with van der Waals surface area (Å²) in [5.74, 6) is 1.14. The number of aryl methyl sites for hydroxylation is 1. The number of fused-ring (bicyclic) bond motifs is 1. The number of carbonyl (C=O) groups is 1. The number of anilines is 1. The van der Waals surface area contributed by atoms with Crippen LogP contribution in [0.5, 0.6) is 5.75 Å². The number of hydrogen-bond donors (Lipinski definition) is 1. The van der Waals surface area contributed by atoms with Crippen LogP contribution in [0.3, 0.4) is 0 Å². The van der Waals surface area contributed by atoms with E-state index in [1.165, 1.54) is 23.8 Å². The number of hydrogen-bond acceptors (Lipinski definition) is 5. The van der Waals surface area contributed by atoms with E-state index in [2.05, 4.69) is 70.5 Å². The predicted molar refractivity (Wildman–Crippen MR) is 119 cm³/mol. The fourth-order valence-corrected chi connectivity index (χ4v) is 3.44. The third-order valence-corrected chi connectivity index (χ3v) is 5.23. The highest BCUT2D eigenvalue weighted by molar-refractivity contribution is 5.95. The van der Waals surface area contributed by atoms with Crippen LogP contribution in [-0.4, -0.2) is 31.7 Å². The van der Waals surface area contributed by atoms with Gasteiger partial charge in [-0.25, -0.2) is 4.79 Å². The molecule has 0 saturated heterocycles. The average Bonchev–Trinajstić information content (AvgIpc) is 2.83. The molecule has 30 heavy (non-hydrogen) atoms. The van der Waals surface area contributed by atoms with Crippen LogP contribution in [-0.2, 0) is 11.2 Å². The molecule has 1 aliphatic heterocycles. The minimum absolute atomic E-state index is 0.359. The summed E-state index contributed by atoms with van der Waals surface area (Å²) < 4.78 is 10.3. The van der Waals surface area contributed by atoms with Gasteiger partial charge in [0.05, 0.1) is 31.2 Å². The van der Waals surface area contributed by atoms with Crippen molar-refractivity contribution in [3.8, 4) is 5.75 Å². The molecule has 1 aromatic heterocycles. The lowest BCUT2D eigenvalue weighted by molar-refractivity contribution is 0.0601. The average molecular weight is 405 g/mol. The van der Waals surface area contributed by atoms with Crippen LogP contribution in [0.15, 0.2) is 67.0 Å². The minimum Gasteiger partial charge on any atom is -0.493 e. The molecule has 156 valence electrons. The summed E-state index contributed by atoms with van der Waals surface area (Å²) in [6, 6.07) is 18.9. The van der Waals surface area contributed by atoms with Crippen molar-refractivity contribution in [1.82, 2.24) is 4.98 Å². The highest BCUT2D eigenvalue weighted by Crippen LogP contribution is 2.31. The predicted octanol–water partition coefficient (Wildman–Crippen LogP) is 5.07. The molecule has 0 aliphatic carbocycles.